The van der Waals surface area contributed by atoms with Gasteiger partial charge in [-0.3, -0.25) is 4.79 Å². The van der Waals surface area contributed by atoms with Crippen molar-refractivity contribution in [1.82, 2.24) is 5.43 Å². The van der Waals surface area contributed by atoms with Gasteiger partial charge < -0.3 is 9.47 Å². The van der Waals surface area contributed by atoms with Crippen LogP contribution in [0.5, 0.6) is 11.5 Å². The van der Waals surface area contributed by atoms with Gasteiger partial charge in [-0.25, -0.2) is 9.82 Å². The first-order valence-corrected chi connectivity index (χ1v) is 10.5. The van der Waals surface area contributed by atoms with Gasteiger partial charge in [0.25, 0.3) is 5.91 Å². The fourth-order valence-corrected chi connectivity index (χ4v) is 3.61. The third-order valence-corrected chi connectivity index (χ3v) is 5.24. The summed E-state index contributed by atoms with van der Waals surface area (Å²) in [6.45, 7) is 0.199. The Morgan fingerprint density at radius 2 is 1.82 bits per heavy atom. The molecule has 0 aliphatic rings. The first-order chi connectivity index (χ1) is 16.0. The number of halogens is 2. The molecule has 5 nitrogen and oxygen atoms in total. The van der Waals surface area contributed by atoms with Crippen LogP contribution in [0, 0.1) is 5.82 Å². The SMILES string of the molecule is COc1cc(/C=N\NC(=O)c2cccc3ccccc23)cc(Cl)c1OCc1ccc(F)cc1. The largest absolute Gasteiger partial charge is 0.493 e. The number of nitrogens with zero attached hydrogens (tertiary/aromatic N) is 1. The molecule has 1 N–H and O–H groups in total. The number of fused-ring (bicyclic) bond motifs is 1. The third-order valence-electron chi connectivity index (χ3n) is 4.96. The smallest absolute Gasteiger partial charge is 0.271 e. The van der Waals surface area contributed by atoms with Crippen molar-refractivity contribution in [2.75, 3.05) is 7.11 Å². The number of methoxy groups -OCH3 is 1. The second-order valence-corrected chi connectivity index (χ2v) is 7.58. The van der Waals surface area contributed by atoms with Crippen LogP contribution in [0.3, 0.4) is 0 Å². The van der Waals surface area contributed by atoms with E-state index in [9.17, 15) is 9.18 Å². The summed E-state index contributed by atoms with van der Waals surface area (Å²) in [5, 5.41) is 6.20. The van der Waals surface area contributed by atoms with E-state index in [4.69, 9.17) is 21.1 Å². The summed E-state index contributed by atoms with van der Waals surface area (Å²) in [5.41, 5.74) is 4.48. The molecule has 0 aromatic heterocycles. The molecule has 0 saturated heterocycles. The summed E-state index contributed by atoms with van der Waals surface area (Å²) >= 11 is 6.39. The molecule has 0 aliphatic carbocycles. The van der Waals surface area contributed by atoms with Crippen LogP contribution in [0.4, 0.5) is 4.39 Å². The monoisotopic (exact) mass is 462 g/mol. The number of carbonyl (C=O) groups is 1. The van der Waals surface area contributed by atoms with Gasteiger partial charge in [0.2, 0.25) is 0 Å². The molecule has 0 unspecified atom stereocenters. The lowest BCUT2D eigenvalue weighted by Gasteiger charge is -2.13. The Bertz CT molecular complexity index is 1320. The van der Waals surface area contributed by atoms with E-state index in [-0.39, 0.29) is 18.3 Å². The van der Waals surface area contributed by atoms with E-state index in [1.807, 2.05) is 36.4 Å². The normalized spacial score (nSPS) is 11.0. The fraction of sp³-hybridized carbons (Fsp3) is 0.0769. The van der Waals surface area contributed by atoms with Crippen LogP contribution >= 0.6 is 11.6 Å². The first-order valence-electron chi connectivity index (χ1n) is 10.1. The van der Waals surface area contributed by atoms with E-state index in [1.165, 1.54) is 25.5 Å². The second kappa shape index (κ2) is 10.1. The molecule has 166 valence electrons. The third kappa shape index (κ3) is 5.30. The quantitative estimate of drug-likeness (QED) is 0.271. The van der Waals surface area contributed by atoms with Gasteiger partial charge in [-0.05, 0) is 52.2 Å². The van der Waals surface area contributed by atoms with Crippen LogP contribution in [0.2, 0.25) is 5.02 Å². The number of benzene rings is 4. The predicted octanol–water partition coefficient (Wildman–Crippen LogP) is 5.98. The summed E-state index contributed by atoms with van der Waals surface area (Å²) in [6.07, 6.45) is 1.47. The highest BCUT2D eigenvalue weighted by molar-refractivity contribution is 6.32. The van der Waals surface area contributed by atoms with E-state index in [0.717, 1.165) is 16.3 Å². The Morgan fingerprint density at radius 1 is 1.06 bits per heavy atom. The summed E-state index contributed by atoms with van der Waals surface area (Å²) in [7, 11) is 1.50. The predicted molar refractivity (Wildman–Crippen MR) is 128 cm³/mol. The summed E-state index contributed by atoms with van der Waals surface area (Å²) in [6, 6.07) is 22.5. The molecule has 4 aromatic carbocycles. The van der Waals surface area contributed by atoms with E-state index < -0.39 is 0 Å². The zero-order valence-corrected chi connectivity index (χ0v) is 18.5. The number of carbonyl (C=O) groups excluding carboxylic acids is 1. The van der Waals surface area contributed by atoms with Crippen molar-refractivity contribution in [2.24, 2.45) is 5.10 Å². The maximum absolute atomic E-state index is 13.1. The average molecular weight is 463 g/mol. The van der Waals surface area contributed by atoms with Crippen LogP contribution in [0.15, 0.2) is 84.0 Å². The molecule has 1 amide bonds. The minimum Gasteiger partial charge on any atom is -0.493 e. The molecular formula is C26H20ClFN2O3. The zero-order chi connectivity index (χ0) is 23.2. The van der Waals surface area contributed by atoms with Gasteiger partial charge in [-0.1, -0.05) is 60.1 Å². The van der Waals surface area contributed by atoms with E-state index >= 15 is 0 Å². The van der Waals surface area contributed by atoms with Crippen molar-refractivity contribution in [3.63, 3.8) is 0 Å². The zero-order valence-electron chi connectivity index (χ0n) is 17.7. The lowest BCUT2D eigenvalue weighted by molar-refractivity contribution is 0.0957. The van der Waals surface area contributed by atoms with Gasteiger partial charge in [-0.15, -0.1) is 0 Å². The number of hydrogen-bond donors (Lipinski definition) is 1. The van der Waals surface area contributed by atoms with E-state index in [0.29, 0.717) is 27.6 Å². The number of hydrazone groups is 1. The van der Waals surface area contributed by atoms with Crippen molar-refractivity contribution in [3.8, 4) is 11.5 Å². The van der Waals surface area contributed by atoms with Crippen LogP contribution in [0.25, 0.3) is 10.8 Å². The molecule has 0 fully saturated rings. The lowest BCUT2D eigenvalue weighted by Crippen LogP contribution is -2.17. The maximum Gasteiger partial charge on any atom is 0.271 e. The lowest BCUT2D eigenvalue weighted by atomic mass is 10.0. The molecular weight excluding hydrogens is 443 g/mol. The van der Waals surface area contributed by atoms with Crippen LogP contribution < -0.4 is 14.9 Å². The Morgan fingerprint density at radius 3 is 2.61 bits per heavy atom. The first kappa shape index (κ1) is 22.3. The van der Waals surface area contributed by atoms with Gasteiger partial charge >= 0.3 is 0 Å². The number of rotatable bonds is 7. The van der Waals surface area contributed by atoms with Crippen molar-refractivity contribution in [2.45, 2.75) is 6.61 Å². The van der Waals surface area contributed by atoms with E-state index in [1.54, 1.807) is 30.3 Å². The molecule has 4 rings (SSSR count). The van der Waals surface area contributed by atoms with Gasteiger partial charge in [0, 0.05) is 5.56 Å². The molecule has 0 bridgehead atoms. The number of ether oxygens (including phenoxy) is 2. The minimum atomic E-state index is -0.319. The van der Waals surface area contributed by atoms with Crippen molar-refractivity contribution < 1.29 is 18.7 Å². The van der Waals surface area contributed by atoms with Crippen LogP contribution in [0.1, 0.15) is 21.5 Å². The highest BCUT2D eigenvalue weighted by Crippen LogP contribution is 2.36. The Balaban J connectivity index is 1.47. The summed E-state index contributed by atoms with van der Waals surface area (Å²) < 4.78 is 24.3. The summed E-state index contributed by atoms with van der Waals surface area (Å²) in [4.78, 5) is 12.6. The van der Waals surface area contributed by atoms with Gasteiger partial charge in [0.1, 0.15) is 12.4 Å². The fourth-order valence-electron chi connectivity index (χ4n) is 3.34. The van der Waals surface area contributed by atoms with E-state index in [2.05, 4.69) is 10.5 Å². The minimum absolute atomic E-state index is 0.199. The van der Waals surface area contributed by atoms with Crippen LogP contribution in [-0.2, 0) is 6.61 Å². The van der Waals surface area contributed by atoms with Gasteiger partial charge in [0.05, 0.1) is 18.3 Å². The molecule has 0 radical (unpaired) electrons. The standard InChI is InChI=1S/C26H20ClFN2O3/c1-32-24-14-18(13-23(27)25(24)33-16-17-9-11-20(28)12-10-17)15-29-30-26(31)22-8-4-6-19-5-2-3-7-21(19)22/h2-15H,16H2,1H3,(H,30,31)/b29-15-. The van der Waals surface area contributed by atoms with Crippen molar-refractivity contribution >= 4 is 34.5 Å². The maximum atomic E-state index is 13.1. The molecule has 0 aliphatic heterocycles. The molecule has 7 heteroatoms. The molecule has 0 atom stereocenters. The highest BCUT2D eigenvalue weighted by Gasteiger charge is 2.13. The number of nitrogens with one attached hydrogen (secondary N) is 1. The topological polar surface area (TPSA) is 59.9 Å². The Labute approximate surface area is 195 Å². The van der Waals surface area contributed by atoms with Gasteiger partial charge in [0.15, 0.2) is 11.5 Å². The molecule has 33 heavy (non-hydrogen) atoms. The van der Waals surface area contributed by atoms with Gasteiger partial charge in [-0.2, -0.15) is 5.10 Å². The Hall–Kier alpha value is -3.90. The second-order valence-electron chi connectivity index (χ2n) is 7.18. The molecule has 4 aromatic rings. The van der Waals surface area contributed by atoms with Crippen LogP contribution in [-0.4, -0.2) is 19.2 Å². The number of hydrogen-bond acceptors (Lipinski definition) is 4. The van der Waals surface area contributed by atoms with Crippen molar-refractivity contribution in [1.29, 1.82) is 0 Å². The Kier molecular flexibility index (Phi) is 6.86. The molecule has 0 spiro atoms. The average Bonchev–Trinajstić information content (AvgIpc) is 2.83. The molecule has 0 saturated carbocycles. The highest BCUT2D eigenvalue weighted by atomic mass is 35.5. The van der Waals surface area contributed by atoms with Crippen molar-refractivity contribution in [3.05, 3.63) is 106 Å². The number of amides is 1. The molecule has 0 heterocycles. The summed E-state index contributed by atoms with van der Waals surface area (Å²) in [5.74, 6) is 0.137.